The van der Waals surface area contributed by atoms with Crippen molar-refractivity contribution in [3.63, 3.8) is 0 Å². The summed E-state index contributed by atoms with van der Waals surface area (Å²) in [6.45, 7) is 8.39. The van der Waals surface area contributed by atoms with Crippen molar-refractivity contribution < 1.29 is 4.74 Å². The maximum absolute atomic E-state index is 6.00. The number of ether oxygens (including phenoxy) is 1. The van der Waals surface area contributed by atoms with E-state index in [0.717, 1.165) is 19.0 Å². The normalized spacial score (nSPS) is 37.3. The Morgan fingerprint density at radius 2 is 2.19 bits per heavy atom. The van der Waals surface area contributed by atoms with Crippen LogP contribution in [0.3, 0.4) is 0 Å². The zero-order valence-electron chi connectivity index (χ0n) is 11.3. The molecule has 0 radical (unpaired) electrons. The fourth-order valence-corrected chi connectivity index (χ4v) is 2.77. The van der Waals surface area contributed by atoms with Crippen LogP contribution in [0.2, 0.25) is 0 Å². The molecule has 0 spiro atoms. The van der Waals surface area contributed by atoms with Gasteiger partial charge in [0.25, 0.3) is 0 Å². The van der Waals surface area contributed by atoms with Gasteiger partial charge in [0.05, 0.1) is 6.10 Å². The fourth-order valence-electron chi connectivity index (χ4n) is 2.77. The van der Waals surface area contributed by atoms with Crippen molar-refractivity contribution in [2.45, 2.75) is 51.7 Å². The molecule has 0 aromatic carbocycles. The summed E-state index contributed by atoms with van der Waals surface area (Å²) in [5.74, 6) is 1.50. The molecule has 3 heteroatoms. The van der Waals surface area contributed by atoms with Gasteiger partial charge in [0, 0.05) is 25.7 Å². The minimum Gasteiger partial charge on any atom is -0.380 e. The van der Waals surface area contributed by atoms with Crippen LogP contribution in [-0.4, -0.2) is 31.8 Å². The van der Waals surface area contributed by atoms with Crippen molar-refractivity contribution in [2.75, 3.05) is 20.2 Å². The van der Waals surface area contributed by atoms with Gasteiger partial charge in [0.2, 0.25) is 0 Å². The monoisotopic (exact) mass is 228 g/mol. The van der Waals surface area contributed by atoms with Gasteiger partial charge in [-0.05, 0) is 38.0 Å². The van der Waals surface area contributed by atoms with E-state index in [9.17, 15) is 0 Å². The van der Waals surface area contributed by atoms with Crippen molar-refractivity contribution in [3.05, 3.63) is 0 Å². The van der Waals surface area contributed by atoms with Gasteiger partial charge in [-0.3, -0.25) is 0 Å². The molecule has 4 unspecified atom stereocenters. The molecular weight excluding hydrogens is 200 g/mol. The van der Waals surface area contributed by atoms with Crippen LogP contribution < -0.4 is 11.1 Å². The van der Waals surface area contributed by atoms with E-state index in [1.54, 1.807) is 7.11 Å². The first-order valence-corrected chi connectivity index (χ1v) is 6.52. The Morgan fingerprint density at radius 3 is 2.69 bits per heavy atom. The van der Waals surface area contributed by atoms with Crippen LogP contribution in [0.25, 0.3) is 0 Å². The van der Waals surface area contributed by atoms with E-state index in [4.69, 9.17) is 10.5 Å². The molecule has 0 aliphatic heterocycles. The molecule has 0 amide bonds. The number of nitrogens with two attached hydrogens (primary N) is 1. The molecular formula is C13H28N2O. The predicted molar refractivity (Wildman–Crippen MR) is 68.4 cm³/mol. The lowest BCUT2D eigenvalue weighted by Gasteiger charge is -2.45. The molecule has 4 atom stereocenters. The average Bonchev–Trinajstić information content (AvgIpc) is 2.28. The molecule has 0 saturated heterocycles. The summed E-state index contributed by atoms with van der Waals surface area (Å²) in [5.41, 5.74) is 6.14. The third-order valence-electron chi connectivity index (χ3n) is 4.29. The van der Waals surface area contributed by atoms with Crippen LogP contribution in [0.4, 0.5) is 0 Å². The van der Waals surface area contributed by atoms with Crippen LogP contribution in [0.5, 0.6) is 0 Å². The second-order valence-electron chi connectivity index (χ2n) is 5.57. The van der Waals surface area contributed by atoms with Crippen molar-refractivity contribution in [2.24, 2.45) is 17.6 Å². The Kier molecular flexibility index (Phi) is 5.22. The minimum absolute atomic E-state index is 0.138. The Bertz CT molecular complexity index is 210. The Morgan fingerprint density at radius 1 is 1.50 bits per heavy atom. The van der Waals surface area contributed by atoms with E-state index in [1.165, 1.54) is 19.3 Å². The largest absolute Gasteiger partial charge is 0.380 e. The number of nitrogens with one attached hydrogen (secondary N) is 1. The Balaban J connectivity index is 2.55. The fraction of sp³-hybridized carbons (Fsp3) is 1.00. The molecule has 0 bridgehead atoms. The molecule has 3 N–H and O–H groups in total. The first-order chi connectivity index (χ1) is 7.54. The highest BCUT2D eigenvalue weighted by atomic mass is 16.5. The molecule has 0 heterocycles. The summed E-state index contributed by atoms with van der Waals surface area (Å²) in [6.07, 6.45) is 4.03. The maximum atomic E-state index is 6.00. The van der Waals surface area contributed by atoms with Gasteiger partial charge < -0.3 is 15.8 Å². The maximum Gasteiger partial charge on any atom is 0.0667 e. The minimum atomic E-state index is 0.138. The first-order valence-electron chi connectivity index (χ1n) is 6.52. The van der Waals surface area contributed by atoms with E-state index in [2.05, 4.69) is 26.1 Å². The topological polar surface area (TPSA) is 47.3 Å². The van der Waals surface area contributed by atoms with E-state index < -0.39 is 0 Å². The SMILES string of the molecule is COC(C)CNC1(CN)CCC(C)CC1C. The highest BCUT2D eigenvalue weighted by molar-refractivity contribution is 4.97. The van der Waals surface area contributed by atoms with Gasteiger partial charge in [-0.15, -0.1) is 0 Å². The summed E-state index contributed by atoms with van der Waals surface area (Å²) in [5, 5.41) is 3.66. The van der Waals surface area contributed by atoms with Crippen LogP contribution in [0, 0.1) is 11.8 Å². The molecule has 1 aliphatic carbocycles. The standard InChI is InChI=1S/C13H28N2O/c1-10-5-6-13(9-14,11(2)7-10)15-8-12(3)16-4/h10-12,15H,5-9,14H2,1-4H3. The average molecular weight is 228 g/mol. The van der Waals surface area contributed by atoms with Gasteiger partial charge >= 0.3 is 0 Å². The summed E-state index contributed by atoms with van der Waals surface area (Å²) >= 11 is 0. The quantitative estimate of drug-likeness (QED) is 0.754. The van der Waals surface area contributed by atoms with E-state index in [1.807, 2.05) is 0 Å². The van der Waals surface area contributed by atoms with Gasteiger partial charge in [0.1, 0.15) is 0 Å². The number of hydrogen-bond acceptors (Lipinski definition) is 3. The van der Waals surface area contributed by atoms with Crippen molar-refractivity contribution in [1.82, 2.24) is 5.32 Å². The first kappa shape index (κ1) is 13.9. The lowest BCUT2D eigenvalue weighted by Crippen LogP contribution is -2.59. The van der Waals surface area contributed by atoms with Crippen molar-refractivity contribution in [1.29, 1.82) is 0 Å². The molecule has 0 aromatic heterocycles. The molecule has 3 nitrogen and oxygen atoms in total. The highest BCUT2D eigenvalue weighted by Crippen LogP contribution is 2.36. The van der Waals surface area contributed by atoms with Crippen LogP contribution in [0.1, 0.15) is 40.0 Å². The molecule has 16 heavy (non-hydrogen) atoms. The predicted octanol–water partition coefficient (Wildman–Crippen LogP) is 1.76. The van der Waals surface area contributed by atoms with Crippen molar-refractivity contribution in [3.8, 4) is 0 Å². The highest BCUT2D eigenvalue weighted by Gasteiger charge is 2.38. The molecule has 0 aromatic rings. The van der Waals surface area contributed by atoms with Gasteiger partial charge in [0.15, 0.2) is 0 Å². The van der Waals surface area contributed by atoms with E-state index in [-0.39, 0.29) is 11.6 Å². The second-order valence-corrected chi connectivity index (χ2v) is 5.57. The van der Waals surface area contributed by atoms with E-state index in [0.29, 0.717) is 5.92 Å². The third kappa shape index (κ3) is 3.19. The summed E-state index contributed by atoms with van der Waals surface area (Å²) < 4.78 is 5.28. The van der Waals surface area contributed by atoms with Gasteiger partial charge in [-0.1, -0.05) is 13.8 Å². The zero-order chi connectivity index (χ0) is 12.2. The number of hydrogen-bond donors (Lipinski definition) is 2. The summed E-state index contributed by atoms with van der Waals surface area (Å²) in [4.78, 5) is 0. The molecule has 96 valence electrons. The Labute approximate surface area is 100 Å². The molecule has 1 fully saturated rings. The summed E-state index contributed by atoms with van der Waals surface area (Å²) in [6, 6.07) is 0. The zero-order valence-corrected chi connectivity index (χ0v) is 11.3. The van der Waals surface area contributed by atoms with E-state index >= 15 is 0 Å². The van der Waals surface area contributed by atoms with Crippen LogP contribution >= 0.6 is 0 Å². The van der Waals surface area contributed by atoms with Crippen LogP contribution in [0.15, 0.2) is 0 Å². The lowest BCUT2D eigenvalue weighted by molar-refractivity contribution is 0.0788. The molecule has 1 saturated carbocycles. The van der Waals surface area contributed by atoms with Crippen molar-refractivity contribution >= 4 is 0 Å². The molecule has 1 rings (SSSR count). The lowest BCUT2D eigenvalue weighted by atomic mass is 9.70. The van der Waals surface area contributed by atoms with Crippen LogP contribution in [-0.2, 0) is 4.74 Å². The number of methoxy groups -OCH3 is 1. The third-order valence-corrected chi connectivity index (χ3v) is 4.29. The molecule has 1 aliphatic rings. The summed E-state index contributed by atoms with van der Waals surface area (Å²) in [7, 11) is 1.76. The second kappa shape index (κ2) is 5.99. The number of rotatable bonds is 5. The van der Waals surface area contributed by atoms with Gasteiger partial charge in [-0.2, -0.15) is 0 Å². The Hall–Kier alpha value is -0.120. The smallest absolute Gasteiger partial charge is 0.0667 e. The van der Waals surface area contributed by atoms with Gasteiger partial charge in [-0.25, -0.2) is 0 Å².